The highest BCUT2D eigenvalue weighted by Crippen LogP contribution is 2.61. The van der Waals surface area contributed by atoms with Crippen molar-refractivity contribution >= 4 is 0 Å². The fraction of sp³-hybridized carbons (Fsp3) is 1.00. The molecule has 0 heterocycles. The number of fused-ring (bicyclic) bond motifs is 1. The Morgan fingerprint density at radius 1 is 1.50 bits per heavy atom. The maximum atomic E-state index is 5.41. The summed E-state index contributed by atoms with van der Waals surface area (Å²) < 4.78 is 5.41. The summed E-state index contributed by atoms with van der Waals surface area (Å²) in [5, 5.41) is 0. The third-order valence-electron chi connectivity index (χ3n) is 3.41. The van der Waals surface area contributed by atoms with Crippen molar-refractivity contribution in [3.05, 3.63) is 0 Å². The monoisotopic (exact) mass is 140 g/mol. The van der Waals surface area contributed by atoms with Crippen LogP contribution in [0.25, 0.3) is 0 Å². The van der Waals surface area contributed by atoms with Crippen molar-refractivity contribution in [3.8, 4) is 0 Å². The number of methoxy groups -OCH3 is 1. The molecule has 2 aliphatic carbocycles. The molecular formula is C9H16O. The van der Waals surface area contributed by atoms with Crippen LogP contribution in [0.4, 0.5) is 0 Å². The van der Waals surface area contributed by atoms with E-state index in [2.05, 4.69) is 6.92 Å². The van der Waals surface area contributed by atoms with Gasteiger partial charge in [0.15, 0.2) is 0 Å². The Morgan fingerprint density at radius 3 is 2.90 bits per heavy atom. The second-order valence-electron chi connectivity index (χ2n) is 4.13. The van der Waals surface area contributed by atoms with Crippen LogP contribution in [0.2, 0.25) is 0 Å². The van der Waals surface area contributed by atoms with Gasteiger partial charge in [-0.3, -0.25) is 0 Å². The largest absolute Gasteiger partial charge is 0.381 e. The van der Waals surface area contributed by atoms with E-state index in [-0.39, 0.29) is 0 Å². The quantitative estimate of drug-likeness (QED) is 0.542. The van der Waals surface area contributed by atoms with Gasteiger partial charge in [-0.15, -0.1) is 0 Å². The summed E-state index contributed by atoms with van der Waals surface area (Å²) in [5.74, 6) is 0.909. The summed E-state index contributed by atoms with van der Waals surface area (Å²) >= 11 is 0. The highest BCUT2D eigenvalue weighted by Gasteiger charge is 2.55. The summed E-state index contributed by atoms with van der Waals surface area (Å²) in [7, 11) is 1.86. The van der Waals surface area contributed by atoms with Crippen molar-refractivity contribution < 1.29 is 4.74 Å². The number of rotatable bonds is 1. The van der Waals surface area contributed by atoms with Gasteiger partial charge in [-0.25, -0.2) is 0 Å². The molecule has 0 amide bonds. The molecule has 0 aliphatic heterocycles. The lowest BCUT2D eigenvalue weighted by Crippen LogP contribution is -2.21. The molecule has 0 N–H and O–H groups in total. The van der Waals surface area contributed by atoms with Crippen LogP contribution in [0.15, 0.2) is 0 Å². The van der Waals surface area contributed by atoms with Crippen LogP contribution in [0.3, 0.4) is 0 Å². The van der Waals surface area contributed by atoms with Crippen molar-refractivity contribution in [1.82, 2.24) is 0 Å². The molecule has 0 bridgehead atoms. The van der Waals surface area contributed by atoms with Crippen LogP contribution in [-0.4, -0.2) is 13.2 Å². The fourth-order valence-electron chi connectivity index (χ4n) is 2.50. The minimum Gasteiger partial charge on any atom is -0.381 e. The third-order valence-corrected chi connectivity index (χ3v) is 3.41. The van der Waals surface area contributed by atoms with Gasteiger partial charge >= 0.3 is 0 Å². The van der Waals surface area contributed by atoms with E-state index in [1.807, 2.05) is 7.11 Å². The SMILES string of the molecule is CO[C@H]1CCC[C@]2(C)C[C@H]12. The van der Waals surface area contributed by atoms with Crippen molar-refractivity contribution in [2.45, 2.75) is 38.7 Å². The maximum absolute atomic E-state index is 5.41. The predicted octanol–water partition coefficient (Wildman–Crippen LogP) is 2.21. The minimum atomic E-state index is 0.596. The Morgan fingerprint density at radius 2 is 2.30 bits per heavy atom. The summed E-state index contributed by atoms with van der Waals surface area (Å²) in [4.78, 5) is 0. The van der Waals surface area contributed by atoms with E-state index in [0.717, 1.165) is 5.92 Å². The lowest BCUT2D eigenvalue weighted by molar-refractivity contribution is 0.0466. The van der Waals surface area contributed by atoms with E-state index in [9.17, 15) is 0 Å². The Balaban J connectivity index is 2.02. The standard InChI is InChI=1S/C9H16O/c1-9-5-3-4-8(10-2)7(9)6-9/h7-8H,3-6H2,1-2H3/t7-,8+,9-/m1/s1. The van der Waals surface area contributed by atoms with Crippen molar-refractivity contribution in [1.29, 1.82) is 0 Å². The topological polar surface area (TPSA) is 9.23 Å². The second-order valence-corrected chi connectivity index (χ2v) is 4.13. The zero-order valence-corrected chi connectivity index (χ0v) is 6.89. The van der Waals surface area contributed by atoms with Crippen LogP contribution in [0.1, 0.15) is 32.6 Å². The normalized spacial score (nSPS) is 52.2. The summed E-state index contributed by atoms with van der Waals surface area (Å²) in [6.45, 7) is 2.41. The Hall–Kier alpha value is -0.0400. The van der Waals surface area contributed by atoms with Gasteiger partial charge in [0.1, 0.15) is 0 Å². The Kier molecular flexibility index (Phi) is 1.31. The van der Waals surface area contributed by atoms with Gasteiger partial charge in [-0.2, -0.15) is 0 Å². The zero-order chi connectivity index (χ0) is 7.19. The first kappa shape index (κ1) is 6.66. The Bertz CT molecular complexity index is 142. The molecule has 1 heteroatoms. The average Bonchev–Trinajstić information content (AvgIpc) is 2.59. The van der Waals surface area contributed by atoms with Gasteiger partial charge in [0.25, 0.3) is 0 Å². The van der Waals surface area contributed by atoms with Crippen LogP contribution >= 0.6 is 0 Å². The van der Waals surface area contributed by atoms with E-state index >= 15 is 0 Å². The summed E-state index contributed by atoms with van der Waals surface area (Å²) in [6, 6.07) is 0. The number of hydrogen-bond acceptors (Lipinski definition) is 1. The molecule has 0 aromatic heterocycles. The molecule has 2 aliphatic rings. The molecule has 2 rings (SSSR count). The Labute approximate surface area is 62.8 Å². The first-order valence-corrected chi connectivity index (χ1v) is 4.29. The molecule has 0 spiro atoms. The van der Waals surface area contributed by atoms with Crippen LogP contribution in [0.5, 0.6) is 0 Å². The van der Waals surface area contributed by atoms with Gasteiger partial charge in [-0.1, -0.05) is 13.3 Å². The first-order valence-electron chi connectivity index (χ1n) is 4.29. The number of ether oxygens (including phenoxy) is 1. The van der Waals surface area contributed by atoms with E-state index in [4.69, 9.17) is 4.74 Å². The molecule has 0 aromatic rings. The van der Waals surface area contributed by atoms with E-state index in [0.29, 0.717) is 11.5 Å². The lowest BCUT2D eigenvalue weighted by Gasteiger charge is -2.24. The van der Waals surface area contributed by atoms with Gasteiger partial charge in [0.05, 0.1) is 6.10 Å². The second kappa shape index (κ2) is 1.97. The minimum absolute atomic E-state index is 0.596. The first-order chi connectivity index (χ1) is 4.76. The lowest BCUT2D eigenvalue weighted by atomic mass is 9.88. The van der Waals surface area contributed by atoms with Crippen molar-refractivity contribution in [3.63, 3.8) is 0 Å². The molecule has 0 saturated heterocycles. The summed E-state index contributed by atoms with van der Waals surface area (Å²) in [6.07, 6.45) is 6.14. The summed E-state index contributed by atoms with van der Waals surface area (Å²) in [5.41, 5.74) is 0.693. The van der Waals surface area contributed by atoms with Gasteiger partial charge in [-0.05, 0) is 30.6 Å². The third kappa shape index (κ3) is 0.800. The molecular weight excluding hydrogens is 124 g/mol. The predicted molar refractivity (Wildman–Crippen MR) is 40.9 cm³/mol. The fourth-order valence-corrected chi connectivity index (χ4v) is 2.50. The average molecular weight is 140 g/mol. The molecule has 1 nitrogen and oxygen atoms in total. The van der Waals surface area contributed by atoms with Crippen LogP contribution in [0, 0.1) is 11.3 Å². The van der Waals surface area contributed by atoms with Crippen molar-refractivity contribution in [2.24, 2.45) is 11.3 Å². The van der Waals surface area contributed by atoms with E-state index in [1.165, 1.54) is 25.7 Å². The van der Waals surface area contributed by atoms with Gasteiger partial charge < -0.3 is 4.74 Å². The molecule has 0 aromatic carbocycles. The smallest absolute Gasteiger partial charge is 0.0604 e. The molecule has 3 atom stereocenters. The van der Waals surface area contributed by atoms with Gasteiger partial charge in [0.2, 0.25) is 0 Å². The highest BCUT2D eigenvalue weighted by molar-refractivity contribution is 5.05. The number of hydrogen-bond donors (Lipinski definition) is 0. The zero-order valence-electron chi connectivity index (χ0n) is 6.89. The van der Waals surface area contributed by atoms with E-state index < -0.39 is 0 Å². The van der Waals surface area contributed by atoms with Gasteiger partial charge in [0, 0.05) is 7.11 Å². The molecule has 0 unspecified atom stereocenters. The molecule has 10 heavy (non-hydrogen) atoms. The molecule has 0 radical (unpaired) electrons. The van der Waals surface area contributed by atoms with Crippen molar-refractivity contribution in [2.75, 3.05) is 7.11 Å². The van der Waals surface area contributed by atoms with E-state index in [1.54, 1.807) is 0 Å². The molecule has 2 saturated carbocycles. The van der Waals surface area contributed by atoms with Crippen LogP contribution in [-0.2, 0) is 4.74 Å². The van der Waals surface area contributed by atoms with Crippen LogP contribution < -0.4 is 0 Å². The highest BCUT2D eigenvalue weighted by atomic mass is 16.5. The maximum Gasteiger partial charge on any atom is 0.0604 e. The molecule has 58 valence electrons. The molecule has 2 fully saturated rings.